The zero-order chi connectivity index (χ0) is 12.9. The number of aryl methyl sites for hydroxylation is 1. The number of amides is 1. The molecule has 0 radical (unpaired) electrons. The van der Waals surface area contributed by atoms with Gasteiger partial charge >= 0.3 is 0 Å². The third kappa shape index (κ3) is 5.75. The van der Waals surface area contributed by atoms with Gasteiger partial charge in [-0.15, -0.1) is 0 Å². The standard InChI is InChI=1S/C13H20N2OS/c1-10-6-4-5-7-11(10)15-12(16)8-17-9-13(2,3)14/h4-7H,8-9,14H2,1-3H3,(H,15,16). The summed E-state index contributed by atoms with van der Waals surface area (Å²) in [6, 6.07) is 7.76. The summed E-state index contributed by atoms with van der Waals surface area (Å²) >= 11 is 1.56. The number of thioether (sulfide) groups is 1. The minimum Gasteiger partial charge on any atom is -0.325 e. The molecular formula is C13H20N2OS. The van der Waals surface area contributed by atoms with Crippen molar-refractivity contribution in [3.05, 3.63) is 29.8 Å². The first-order chi connectivity index (χ1) is 7.88. The fraction of sp³-hybridized carbons (Fsp3) is 0.462. The predicted octanol–water partition coefficient (Wildman–Crippen LogP) is 2.40. The minimum atomic E-state index is -0.229. The van der Waals surface area contributed by atoms with Crippen LogP contribution in [0, 0.1) is 6.92 Å². The van der Waals surface area contributed by atoms with E-state index in [-0.39, 0.29) is 11.4 Å². The predicted molar refractivity (Wildman–Crippen MR) is 75.4 cm³/mol. The molecule has 0 aliphatic heterocycles. The SMILES string of the molecule is Cc1ccccc1NC(=O)CSCC(C)(C)N. The molecule has 0 aliphatic rings. The van der Waals surface area contributed by atoms with Crippen molar-refractivity contribution >= 4 is 23.4 Å². The Balaban J connectivity index is 2.38. The van der Waals surface area contributed by atoms with Crippen LogP contribution in [0.25, 0.3) is 0 Å². The van der Waals surface area contributed by atoms with E-state index in [9.17, 15) is 4.79 Å². The van der Waals surface area contributed by atoms with E-state index in [0.29, 0.717) is 5.75 Å². The highest BCUT2D eigenvalue weighted by atomic mass is 32.2. The minimum absolute atomic E-state index is 0.0218. The largest absolute Gasteiger partial charge is 0.325 e. The van der Waals surface area contributed by atoms with Crippen LogP contribution in [-0.2, 0) is 4.79 Å². The van der Waals surface area contributed by atoms with E-state index in [1.54, 1.807) is 11.8 Å². The lowest BCUT2D eigenvalue weighted by molar-refractivity contribution is -0.113. The Morgan fingerprint density at radius 3 is 2.65 bits per heavy atom. The fourth-order valence-electron chi connectivity index (χ4n) is 1.31. The molecule has 17 heavy (non-hydrogen) atoms. The summed E-state index contributed by atoms with van der Waals surface area (Å²) in [5.74, 6) is 1.23. The zero-order valence-corrected chi connectivity index (χ0v) is 11.4. The second-order valence-electron chi connectivity index (χ2n) is 4.84. The van der Waals surface area contributed by atoms with Gasteiger partial charge in [0, 0.05) is 17.0 Å². The molecule has 1 aromatic carbocycles. The molecule has 3 N–H and O–H groups in total. The van der Waals surface area contributed by atoms with Crippen molar-refractivity contribution in [2.24, 2.45) is 5.73 Å². The van der Waals surface area contributed by atoms with Gasteiger partial charge in [0.1, 0.15) is 0 Å². The van der Waals surface area contributed by atoms with Crippen LogP contribution in [0.2, 0.25) is 0 Å². The van der Waals surface area contributed by atoms with Crippen LogP contribution in [0.3, 0.4) is 0 Å². The van der Waals surface area contributed by atoms with Gasteiger partial charge in [-0.05, 0) is 32.4 Å². The van der Waals surface area contributed by atoms with Crippen LogP contribution >= 0.6 is 11.8 Å². The number of anilines is 1. The molecule has 4 heteroatoms. The summed E-state index contributed by atoms with van der Waals surface area (Å²) < 4.78 is 0. The number of hydrogen-bond acceptors (Lipinski definition) is 3. The van der Waals surface area contributed by atoms with Gasteiger partial charge in [0.25, 0.3) is 0 Å². The average molecular weight is 252 g/mol. The van der Waals surface area contributed by atoms with Gasteiger partial charge in [0.05, 0.1) is 5.75 Å². The van der Waals surface area contributed by atoms with Crippen molar-refractivity contribution in [3.8, 4) is 0 Å². The highest BCUT2D eigenvalue weighted by molar-refractivity contribution is 8.00. The van der Waals surface area contributed by atoms with Crippen LogP contribution in [0.15, 0.2) is 24.3 Å². The van der Waals surface area contributed by atoms with Gasteiger partial charge < -0.3 is 11.1 Å². The molecule has 0 saturated heterocycles. The molecule has 0 spiro atoms. The first-order valence-corrected chi connectivity index (χ1v) is 6.76. The van der Waals surface area contributed by atoms with Crippen LogP contribution in [0.1, 0.15) is 19.4 Å². The molecule has 0 bridgehead atoms. The summed E-state index contributed by atoms with van der Waals surface area (Å²) in [6.45, 7) is 5.89. The number of hydrogen-bond donors (Lipinski definition) is 2. The van der Waals surface area contributed by atoms with Gasteiger partial charge in [-0.3, -0.25) is 4.79 Å². The maximum atomic E-state index is 11.7. The summed E-state index contributed by atoms with van der Waals surface area (Å²) in [7, 11) is 0. The molecule has 0 aliphatic carbocycles. The Bertz CT molecular complexity index is 385. The Labute approximate surface area is 107 Å². The van der Waals surface area contributed by atoms with Crippen LogP contribution in [0.4, 0.5) is 5.69 Å². The normalized spacial score (nSPS) is 11.3. The van der Waals surface area contributed by atoms with Crippen molar-refractivity contribution in [1.29, 1.82) is 0 Å². The van der Waals surface area contributed by atoms with Crippen LogP contribution in [0.5, 0.6) is 0 Å². The van der Waals surface area contributed by atoms with Crippen LogP contribution in [-0.4, -0.2) is 23.0 Å². The molecule has 1 amide bonds. The number of benzene rings is 1. The van der Waals surface area contributed by atoms with E-state index in [1.165, 1.54) is 0 Å². The molecule has 0 saturated carbocycles. The maximum Gasteiger partial charge on any atom is 0.234 e. The topological polar surface area (TPSA) is 55.1 Å². The number of carbonyl (C=O) groups is 1. The molecule has 1 rings (SSSR count). The zero-order valence-electron chi connectivity index (χ0n) is 10.6. The summed E-state index contributed by atoms with van der Waals surface area (Å²) in [5.41, 5.74) is 7.57. The average Bonchev–Trinajstić information content (AvgIpc) is 2.19. The lowest BCUT2D eigenvalue weighted by Gasteiger charge is -2.17. The Morgan fingerprint density at radius 1 is 1.41 bits per heavy atom. The van der Waals surface area contributed by atoms with Gasteiger partial charge in [-0.25, -0.2) is 0 Å². The molecule has 0 unspecified atom stereocenters. The third-order valence-corrected chi connectivity index (χ3v) is 3.54. The number of nitrogens with one attached hydrogen (secondary N) is 1. The number of carbonyl (C=O) groups excluding carboxylic acids is 1. The summed E-state index contributed by atoms with van der Waals surface area (Å²) in [4.78, 5) is 11.7. The van der Waals surface area contributed by atoms with Crippen LogP contribution < -0.4 is 11.1 Å². The third-order valence-electron chi connectivity index (χ3n) is 2.13. The molecule has 94 valence electrons. The lowest BCUT2D eigenvalue weighted by atomic mass is 10.1. The Kier molecular flexibility index (Phi) is 5.02. The molecule has 0 fully saturated rings. The van der Waals surface area contributed by atoms with Gasteiger partial charge in [-0.1, -0.05) is 18.2 Å². The maximum absolute atomic E-state index is 11.7. The monoisotopic (exact) mass is 252 g/mol. The fourth-order valence-corrected chi connectivity index (χ4v) is 2.19. The van der Waals surface area contributed by atoms with Gasteiger partial charge in [0.2, 0.25) is 5.91 Å². The Morgan fingerprint density at radius 2 is 2.06 bits per heavy atom. The summed E-state index contributed by atoms with van der Waals surface area (Å²) in [5, 5.41) is 2.90. The van der Waals surface area contributed by atoms with Crippen molar-refractivity contribution in [3.63, 3.8) is 0 Å². The van der Waals surface area contributed by atoms with E-state index < -0.39 is 0 Å². The van der Waals surface area contributed by atoms with E-state index in [2.05, 4.69) is 5.32 Å². The highest BCUT2D eigenvalue weighted by Crippen LogP contribution is 2.14. The van der Waals surface area contributed by atoms with Gasteiger partial charge in [-0.2, -0.15) is 11.8 Å². The summed E-state index contributed by atoms with van der Waals surface area (Å²) in [6.07, 6.45) is 0. The smallest absolute Gasteiger partial charge is 0.234 e. The first kappa shape index (κ1) is 14.1. The second-order valence-corrected chi connectivity index (χ2v) is 5.83. The molecule has 0 heterocycles. The van der Waals surface area contributed by atoms with Crippen molar-refractivity contribution in [2.75, 3.05) is 16.8 Å². The number of nitrogens with two attached hydrogens (primary N) is 1. The number of rotatable bonds is 5. The van der Waals surface area contributed by atoms with E-state index in [4.69, 9.17) is 5.73 Å². The Hall–Kier alpha value is -1.000. The van der Waals surface area contributed by atoms with E-state index in [0.717, 1.165) is 17.0 Å². The quantitative estimate of drug-likeness (QED) is 0.846. The molecule has 0 aromatic heterocycles. The van der Waals surface area contributed by atoms with Crippen molar-refractivity contribution < 1.29 is 4.79 Å². The van der Waals surface area contributed by atoms with Gasteiger partial charge in [0.15, 0.2) is 0 Å². The molecule has 1 aromatic rings. The molecular weight excluding hydrogens is 232 g/mol. The number of para-hydroxylation sites is 1. The first-order valence-electron chi connectivity index (χ1n) is 5.60. The lowest BCUT2D eigenvalue weighted by Crippen LogP contribution is -2.35. The van der Waals surface area contributed by atoms with Crippen molar-refractivity contribution in [1.82, 2.24) is 0 Å². The van der Waals surface area contributed by atoms with E-state index in [1.807, 2.05) is 45.0 Å². The highest BCUT2D eigenvalue weighted by Gasteiger charge is 2.12. The molecule has 0 atom stereocenters. The van der Waals surface area contributed by atoms with E-state index >= 15 is 0 Å². The second kappa shape index (κ2) is 6.07. The van der Waals surface area contributed by atoms with Crippen molar-refractivity contribution in [2.45, 2.75) is 26.3 Å². The molecule has 3 nitrogen and oxygen atoms in total.